The first-order valence-corrected chi connectivity index (χ1v) is 8.03. The van der Waals surface area contributed by atoms with E-state index in [9.17, 15) is 0 Å². The van der Waals surface area contributed by atoms with Gasteiger partial charge < -0.3 is 14.8 Å². The molecule has 0 amide bonds. The van der Waals surface area contributed by atoms with Gasteiger partial charge in [-0.15, -0.1) is 0 Å². The van der Waals surface area contributed by atoms with E-state index < -0.39 is 0 Å². The van der Waals surface area contributed by atoms with Crippen LogP contribution >= 0.6 is 0 Å². The summed E-state index contributed by atoms with van der Waals surface area (Å²) in [4.78, 5) is 0. The van der Waals surface area contributed by atoms with Crippen LogP contribution in [0.15, 0.2) is 12.3 Å². The number of rotatable bonds is 11. The first kappa shape index (κ1) is 18.1. The normalized spacial score (nSPS) is 13.3. The first-order chi connectivity index (χ1) is 10.2. The summed E-state index contributed by atoms with van der Waals surface area (Å²) in [6, 6.07) is 2.70. The number of ether oxygens (including phenoxy) is 2. The first-order valence-electron chi connectivity index (χ1n) is 8.03. The highest BCUT2D eigenvalue weighted by Gasteiger charge is 2.22. The summed E-state index contributed by atoms with van der Waals surface area (Å²) in [6.07, 6.45) is 5.92. The molecule has 1 unspecified atom stereocenters. The number of hydrogen-bond acceptors (Lipinski definition) is 4. The lowest BCUT2D eigenvalue weighted by atomic mass is 10.1. The van der Waals surface area contributed by atoms with Crippen LogP contribution in [-0.4, -0.2) is 42.9 Å². The van der Waals surface area contributed by atoms with E-state index in [4.69, 9.17) is 14.6 Å². The lowest BCUT2D eigenvalue weighted by molar-refractivity contribution is -0.122. The fourth-order valence-corrected chi connectivity index (χ4v) is 2.60. The number of aromatic nitrogens is 2. The van der Waals surface area contributed by atoms with E-state index >= 15 is 0 Å². The molecule has 0 radical (unpaired) electrons. The van der Waals surface area contributed by atoms with Crippen LogP contribution in [-0.2, 0) is 15.9 Å². The van der Waals surface area contributed by atoms with Gasteiger partial charge in [0.15, 0.2) is 6.29 Å². The molecular formula is C16H31N3O2. The molecule has 1 N–H and O–H groups in total. The second-order valence-electron chi connectivity index (χ2n) is 5.36. The Hall–Kier alpha value is -0.910. The largest absolute Gasteiger partial charge is 0.354 e. The Balaban J connectivity index is 2.73. The molecule has 1 atom stereocenters. The molecule has 0 saturated heterocycles. The number of methoxy groups -OCH3 is 2. The quantitative estimate of drug-likeness (QED) is 0.638. The molecule has 21 heavy (non-hydrogen) atoms. The third-order valence-electron chi connectivity index (χ3n) is 3.86. The van der Waals surface area contributed by atoms with Gasteiger partial charge in [-0.05, 0) is 31.9 Å². The molecule has 1 aromatic heterocycles. The summed E-state index contributed by atoms with van der Waals surface area (Å²) < 4.78 is 12.9. The summed E-state index contributed by atoms with van der Waals surface area (Å²) in [6.45, 7) is 7.50. The van der Waals surface area contributed by atoms with Crippen molar-refractivity contribution in [2.24, 2.45) is 0 Å². The number of hydrogen-bond donors (Lipinski definition) is 1. The lowest BCUT2D eigenvalue weighted by Gasteiger charge is -2.25. The van der Waals surface area contributed by atoms with Crippen LogP contribution in [0.2, 0.25) is 0 Å². The van der Waals surface area contributed by atoms with E-state index in [1.54, 1.807) is 14.2 Å². The van der Waals surface area contributed by atoms with Gasteiger partial charge in [-0.3, -0.25) is 4.68 Å². The Labute approximate surface area is 129 Å². The van der Waals surface area contributed by atoms with Gasteiger partial charge in [0.1, 0.15) is 0 Å². The Bertz CT molecular complexity index is 373. The second-order valence-corrected chi connectivity index (χ2v) is 5.36. The summed E-state index contributed by atoms with van der Waals surface area (Å²) in [5.41, 5.74) is 1.08. The van der Waals surface area contributed by atoms with Gasteiger partial charge in [0, 0.05) is 26.8 Å². The highest BCUT2D eigenvalue weighted by molar-refractivity contribution is 5.03. The molecule has 122 valence electrons. The predicted octanol–water partition coefficient (Wildman–Crippen LogP) is 2.77. The van der Waals surface area contributed by atoms with E-state index in [0.29, 0.717) is 6.04 Å². The highest BCUT2D eigenvalue weighted by atomic mass is 16.7. The number of nitrogens with one attached hydrogen (secondary N) is 1. The minimum absolute atomic E-state index is 0.116. The zero-order valence-electron chi connectivity index (χ0n) is 14.1. The third kappa shape index (κ3) is 5.41. The van der Waals surface area contributed by atoms with Gasteiger partial charge in [0.05, 0.1) is 17.8 Å². The molecule has 5 heteroatoms. The topological polar surface area (TPSA) is 48.3 Å². The maximum atomic E-state index is 5.41. The molecule has 1 rings (SSSR count). The van der Waals surface area contributed by atoms with E-state index in [2.05, 4.69) is 43.0 Å². The number of nitrogens with zero attached hydrogens (tertiary/aromatic N) is 2. The van der Waals surface area contributed by atoms with Crippen LogP contribution in [0.5, 0.6) is 0 Å². The van der Waals surface area contributed by atoms with E-state index in [1.807, 2.05) is 0 Å². The lowest BCUT2D eigenvalue weighted by Crippen LogP contribution is -2.44. The van der Waals surface area contributed by atoms with Crippen LogP contribution < -0.4 is 5.32 Å². The van der Waals surface area contributed by atoms with E-state index in [-0.39, 0.29) is 12.3 Å². The molecule has 0 fully saturated rings. The Morgan fingerprint density at radius 1 is 1.19 bits per heavy atom. The molecule has 0 aliphatic heterocycles. The van der Waals surface area contributed by atoms with Gasteiger partial charge in [-0.2, -0.15) is 5.10 Å². The monoisotopic (exact) mass is 297 g/mol. The Morgan fingerprint density at radius 3 is 2.38 bits per heavy atom. The Morgan fingerprint density at radius 2 is 1.86 bits per heavy atom. The van der Waals surface area contributed by atoms with Crippen LogP contribution in [0, 0.1) is 0 Å². The minimum Gasteiger partial charge on any atom is -0.354 e. The average molecular weight is 297 g/mol. The van der Waals surface area contributed by atoms with Crippen LogP contribution in [0.1, 0.15) is 51.8 Å². The van der Waals surface area contributed by atoms with Crippen molar-refractivity contribution in [1.82, 2.24) is 15.1 Å². The summed E-state index contributed by atoms with van der Waals surface area (Å²) in [5.74, 6) is 0. The van der Waals surface area contributed by atoms with Crippen molar-refractivity contribution in [2.45, 2.75) is 64.8 Å². The van der Waals surface area contributed by atoms with E-state index in [1.165, 1.54) is 0 Å². The molecule has 5 nitrogen and oxygen atoms in total. The van der Waals surface area contributed by atoms with Crippen molar-refractivity contribution >= 4 is 0 Å². The molecule has 0 bridgehead atoms. The van der Waals surface area contributed by atoms with Crippen molar-refractivity contribution in [2.75, 3.05) is 20.8 Å². The zero-order chi connectivity index (χ0) is 15.7. The second kappa shape index (κ2) is 9.92. The fraction of sp³-hybridized carbons (Fsp3) is 0.812. The van der Waals surface area contributed by atoms with Crippen LogP contribution in [0.3, 0.4) is 0 Å². The summed E-state index contributed by atoms with van der Waals surface area (Å²) in [7, 11) is 3.36. The van der Waals surface area contributed by atoms with Crippen LogP contribution in [0.25, 0.3) is 0 Å². The standard InChI is InChI=1S/C16H31N3O2/c1-6-10-17-15(16(20-4)21-5)12-13-9-11-19(18-13)14(7-2)8-3/h9,11,14-17H,6-8,10,12H2,1-5H3. The predicted molar refractivity (Wildman–Crippen MR) is 85.4 cm³/mol. The SMILES string of the molecule is CCCNC(Cc1ccn(C(CC)CC)n1)C(OC)OC. The molecule has 0 aliphatic rings. The summed E-state index contributed by atoms with van der Waals surface area (Å²) in [5, 5.41) is 8.20. The van der Waals surface area contributed by atoms with Gasteiger partial charge >= 0.3 is 0 Å². The van der Waals surface area contributed by atoms with Gasteiger partial charge in [-0.25, -0.2) is 0 Å². The van der Waals surface area contributed by atoms with Crippen molar-refractivity contribution < 1.29 is 9.47 Å². The van der Waals surface area contributed by atoms with E-state index in [0.717, 1.165) is 37.9 Å². The molecule has 0 spiro atoms. The minimum atomic E-state index is -0.255. The molecule has 1 heterocycles. The van der Waals surface area contributed by atoms with Gasteiger partial charge in [-0.1, -0.05) is 20.8 Å². The highest BCUT2D eigenvalue weighted by Crippen LogP contribution is 2.15. The third-order valence-corrected chi connectivity index (χ3v) is 3.86. The molecular weight excluding hydrogens is 266 g/mol. The van der Waals surface area contributed by atoms with Gasteiger partial charge in [0.25, 0.3) is 0 Å². The molecule has 0 aliphatic carbocycles. The smallest absolute Gasteiger partial charge is 0.172 e. The fourth-order valence-electron chi connectivity index (χ4n) is 2.60. The van der Waals surface area contributed by atoms with Crippen molar-refractivity contribution in [3.05, 3.63) is 18.0 Å². The van der Waals surface area contributed by atoms with Gasteiger partial charge in [0.2, 0.25) is 0 Å². The van der Waals surface area contributed by atoms with Crippen molar-refractivity contribution in [3.63, 3.8) is 0 Å². The van der Waals surface area contributed by atoms with Crippen molar-refractivity contribution in [3.8, 4) is 0 Å². The molecule has 0 saturated carbocycles. The Kier molecular flexibility index (Phi) is 8.57. The van der Waals surface area contributed by atoms with Crippen LogP contribution in [0.4, 0.5) is 0 Å². The van der Waals surface area contributed by atoms with Crippen molar-refractivity contribution in [1.29, 1.82) is 0 Å². The molecule has 1 aromatic rings. The zero-order valence-corrected chi connectivity index (χ0v) is 14.1. The maximum absolute atomic E-state index is 5.41. The molecule has 0 aromatic carbocycles. The average Bonchev–Trinajstić information content (AvgIpc) is 2.95. The summed E-state index contributed by atoms with van der Waals surface area (Å²) >= 11 is 0. The maximum Gasteiger partial charge on any atom is 0.172 e.